The third-order valence-electron chi connectivity index (χ3n) is 6.67. The van der Waals surface area contributed by atoms with Crippen molar-refractivity contribution in [1.82, 2.24) is 14.5 Å². The van der Waals surface area contributed by atoms with E-state index in [4.69, 9.17) is 21.3 Å². The first-order valence-corrected chi connectivity index (χ1v) is 12.8. The van der Waals surface area contributed by atoms with Crippen LogP contribution in [-0.2, 0) is 6.54 Å². The number of carbonyl (C=O) groups excluding carboxylic acids is 1. The molecule has 3 aliphatic rings. The van der Waals surface area contributed by atoms with Crippen molar-refractivity contribution in [3.05, 3.63) is 34.5 Å². The van der Waals surface area contributed by atoms with Gasteiger partial charge in [0.2, 0.25) is 11.9 Å². The second-order valence-electron chi connectivity index (χ2n) is 9.49. The van der Waals surface area contributed by atoms with Crippen molar-refractivity contribution >= 4 is 35.2 Å². The molecule has 1 saturated carbocycles. The Morgan fingerprint density at radius 2 is 2.03 bits per heavy atom. The fourth-order valence-electron chi connectivity index (χ4n) is 5.08. The summed E-state index contributed by atoms with van der Waals surface area (Å²) in [7, 11) is 0. The highest BCUT2D eigenvalue weighted by Crippen LogP contribution is 2.35. The van der Waals surface area contributed by atoms with Gasteiger partial charge in [0.25, 0.3) is 5.91 Å². The van der Waals surface area contributed by atoms with Crippen LogP contribution in [0.25, 0.3) is 0 Å². The Labute approximate surface area is 205 Å². The van der Waals surface area contributed by atoms with Crippen LogP contribution in [0.1, 0.15) is 68.9 Å². The second kappa shape index (κ2) is 9.49. The van der Waals surface area contributed by atoms with Crippen molar-refractivity contribution in [3.8, 4) is 5.75 Å². The van der Waals surface area contributed by atoms with E-state index in [9.17, 15) is 4.79 Å². The zero-order chi connectivity index (χ0) is 23.8. The molecular formula is C25H33ClN6O2. The first kappa shape index (κ1) is 23.0. The fraction of sp³-hybridized carbons (Fsp3) is 0.560. The third-order valence-corrected chi connectivity index (χ3v) is 6.96. The number of ether oxygens (including phenoxy) is 1. The van der Waals surface area contributed by atoms with Crippen molar-refractivity contribution < 1.29 is 9.53 Å². The van der Waals surface area contributed by atoms with Crippen molar-refractivity contribution in [1.29, 1.82) is 0 Å². The zero-order valence-corrected chi connectivity index (χ0v) is 20.9. The first-order valence-electron chi connectivity index (χ1n) is 12.4. The van der Waals surface area contributed by atoms with E-state index in [-0.39, 0.29) is 12.0 Å². The molecule has 1 fully saturated rings. The van der Waals surface area contributed by atoms with Crippen LogP contribution >= 0.6 is 11.6 Å². The van der Waals surface area contributed by atoms with Gasteiger partial charge in [0.1, 0.15) is 5.75 Å². The molecule has 182 valence electrons. The van der Waals surface area contributed by atoms with E-state index < -0.39 is 0 Å². The Morgan fingerprint density at radius 3 is 2.74 bits per heavy atom. The molecule has 2 aliphatic heterocycles. The number of rotatable bonds is 7. The first-order chi connectivity index (χ1) is 16.5. The van der Waals surface area contributed by atoms with E-state index in [2.05, 4.69) is 15.2 Å². The van der Waals surface area contributed by atoms with Gasteiger partial charge in [0, 0.05) is 19.1 Å². The van der Waals surface area contributed by atoms with Crippen LogP contribution in [0.4, 0.5) is 11.8 Å². The number of nitrogens with one attached hydrogen (secondary N) is 1. The molecule has 0 spiro atoms. The highest BCUT2D eigenvalue weighted by atomic mass is 35.5. The van der Waals surface area contributed by atoms with Gasteiger partial charge in [-0.05, 0) is 51.3 Å². The lowest BCUT2D eigenvalue weighted by Gasteiger charge is -2.32. The largest absolute Gasteiger partial charge is 0.489 e. The Morgan fingerprint density at radius 1 is 1.24 bits per heavy atom. The van der Waals surface area contributed by atoms with Crippen molar-refractivity contribution in [2.75, 3.05) is 29.9 Å². The van der Waals surface area contributed by atoms with E-state index >= 15 is 0 Å². The van der Waals surface area contributed by atoms with Gasteiger partial charge in [0.05, 0.1) is 24.2 Å². The van der Waals surface area contributed by atoms with E-state index in [1.54, 1.807) is 4.90 Å². The quantitative estimate of drug-likeness (QED) is 0.612. The van der Waals surface area contributed by atoms with Gasteiger partial charge in [-0.25, -0.2) is 0 Å². The lowest BCUT2D eigenvalue weighted by molar-refractivity contribution is 0.0836. The number of anilines is 2. The minimum Gasteiger partial charge on any atom is -0.489 e. The van der Waals surface area contributed by atoms with Crippen LogP contribution in [0.3, 0.4) is 0 Å². The van der Waals surface area contributed by atoms with Crippen molar-refractivity contribution in [3.63, 3.8) is 0 Å². The molecule has 34 heavy (non-hydrogen) atoms. The fourth-order valence-corrected chi connectivity index (χ4v) is 5.33. The maximum absolute atomic E-state index is 13.6. The summed E-state index contributed by atoms with van der Waals surface area (Å²) in [5, 5.41) is 4.24. The zero-order valence-electron chi connectivity index (χ0n) is 20.2. The summed E-state index contributed by atoms with van der Waals surface area (Å²) in [5.41, 5.74) is 1.60. The van der Waals surface area contributed by atoms with Crippen LogP contribution in [0.2, 0.25) is 5.02 Å². The van der Waals surface area contributed by atoms with Crippen molar-refractivity contribution in [2.45, 2.75) is 71.6 Å². The van der Waals surface area contributed by atoms with Gasteiger partial charge in [-0.3, -0.25) is 24.2 Å². The molecule has 0 bridgehead atoms. The molecule has 1 aromatic heterocycles. The predicted octanol–water partition coefficient (Wildman–Crippen LogP) is 4.77. The smallest absolute Gasteiger partial charge is 0.281 e. The molecule has 3 heterocycles. The topological polar surface area (TPSA) is 75.0 Å². The molecule has 2 aromatic rings. The lowest BCUT2D eigenvalue weighted by atomic mass is 9.96. The number of hydrogen-bond donors (Lipinski definition) is 1. The van der Waals surface area contributed by atoms with E-state index in [0.717, 1.165) is 30.9 Å². The summed E-state index contributed by atoms with van der Waals surface area (Å²) in [5.74, 6) is 2.78. The van der Waals surface area contributed by atoms with Gasteiger partial charge in [-0.15, -0.1) is 0 Å². The molecule has 0 saturated heterocycles. The van der Waals surface area contributed by atoms with Crippen LogP contribution in [0.15, 0.2) is 23.2 Å². The van der Waals surface area contributed by atoms with Gasteiger partial charge < -0.3 is 10.1 Å². The molecule has 8 nitrogen and oxygen atoms in total. The second-order valence-corrected chi connectivity index (χ2v) is 9.89. The van der Waals surface area contributed by atoms with E-state index in [0.29, 0.717) is 53.9 Å². The van der Waals surface area contributed by atoms with Gasteiger partial charge >= 0.3 is 0 Å². The third kappa shape index (κ3) is 4.24. The minimum absolute atomic E-state index is 0.0456. The molecule has 5 rings (SSSR count). The number of imidazole rings is 1. The van der Waals surface area contributed by atoms with Crippen LogP contribution < -0.4 is 15.0 Å². The van der Waals surface area contributed by atoms with Crippen LogP contribution in [0.5, 0.6) is 5.75 Å². The Bertz CT molecular complexity index is 1110. The van der Waals surface area contributed by atoms with Crippen LogP contribution in [0, 0.1) is 0 Å². The number of carbonyl (C=O) groups is 1. The Hall–Kier alpha value is -2.74. The molecule has 1 amide bonds. The summed E-state index contributed by atoms with van der Waals surface area (Å²) < 4.78 is 7.83. The number of halogens is 1. The molecule has 9 heteroatoms. The summed E-state index contributed by atoms with van der Waals surface area (Å²) in [6, 6.07) is 6.20. The minimum atomic E-state index is -0.0514. The van der Waals surface area contributed by atoms with Crippen molar-refractivity contribution in [2.24, 2.45) is 4.99 Å². The monoisotopic (exact) mass is 484 g/mol. The molecular weight excluding hydrogens is 452 g/mol. The number of fused-ring (bicyclic) bond motifs is 3. The number of guanidine groups is 1. The Balaban J connectivity index is 1.54. The standard InChI is InChI=1S/C25H33ClN6O2/c1-4-30-23(33)21-22(31-13-12-27-25(30)31)29-24(28-18-8-6-5-7-9-18)32(21)15-17-10-11-20(19(26)14-17)34-16(2)3/h10-11,14,16,18H,4-9,12-13,15H2,1-3H3,(H,28,29). The molecule has 0 atom stereocenters. The van der Waals surface area contributed by atoms with Crippen LogP contribution in [-0.4, -0.2) is 58.1 Å². The maximum Gasteiger partial charge on any atom is 0.281 e. The predicted molar refractivity (Wildman–Crippen MR) is 135 cm³/mol. The number of nitrogens with zero attached hydrogens (tertiary/aromatic N) is 5. The van der Waals surface area contributed by atoms with Gasteiger partial charge in [-0.1, -0.05) is 36.9 Å². The number of aromatic nitrogens is 2. The SMILES string of the molecule is CCN1C(=O)c2c(nc(NC3CCCCC3)n2Cc2ccc(OC(C)C)c(Cl)c2)N2CCN=C12. The highest BCUT2D eigenvalue weighted by molar-refractivity contribution is 6.32. The molecule has 1 aromatic carbocycles. The maximum atomic E-state index is 13.6. The number of benzene rings is 1. The molecule has 0 unspecified atom stereocenters. The van der Waals surface area contributed by atoms with E-state index in [1.807, 2.05) is 43.5 Å². The molecule has 1 N–H and O–H groups in total. The van der Waals surface area contributed by atoms with Gasteiger partial charge in [0.15, 0.2) is 11.5 Å². The van der Waals surface area contributed by atoms with E-state index in [1.165, 1.54) is 19.3 Å². The number of amides is 1. The highest BCUT2D eigenvalue weighted by Gasteiger charge is 2.41. The summed E-state index contributed by atoms with van der Waals surface area (Å²) in [4.78, 5) is 27.0. The molecule has 1 aliphatic carbocycles. The molecule has 0 radical (unpaired) electrons. The average molecular weight is 485 g/mol. The summed E-state index contributed by atoms with van der Waals surface area (Å²) >= 11 is 6.54. The number of hydrogen-bond acceptors (Lipinski definition) is 6. The van der Waals surface area contributed by atoms with Gasteiger partial charge in [-0.2, -0.15) is 4.98 Å². The lowest BCUT2D eigenvalue weighted by Crippen LogP contribution is -2.50. The summed E-state index contributed by atoms with van der Waals surface area (Å²) in [6.45, 7) is 8.40. The normalized spacial score (nSPS) is 18.3. The summed E-state index contributed by atoms with van der Waals surface area (Å²) in [6.07, 6.45) is 6.01. The average Bonchev–Trinajstić information content (AvgIpc) is 3.42. The Kier molecular flexibility index (Phi) is 6.42. The number of aliphatic imine (C=N–C) groups is 1.